The largest absolute Gasteiger partial charge is 0.480 e. The summed E-state index contributed by atoms with van der Waals surface area (Å²) in [6.45, 7) is 0. The average Bonchev–Trinajstić information content (AvgIpc) is 2.48. The number of rotatable bonds is 3. The minimum atomic E-state index is -0.977. The number of aliphatic carboxylic acids is 1. The van der Waals surface area contributed by atoms with Gasteiger partial charge in [0.15, 0.2) is 0 Å². The van der Waals surface area contributed by atoms with Crippen molar-refractivity contribution in [3.8, 4) is 17.2 Å². The number of hydrogen-bond donors (Lipinski definition) is 2. The molecule has 110 valence electrons. The normalized spacial score (nSPS) is 23.4. The van der Waals surface area contributed by atoms with Crippen LogP contribution in [0, 0.1) is 17.1 Å². The molecule has 1 fully saturated rings. The lowest BCUT2D eigenvalue weighted by Gasteiger charge is -2.40. The van der Waals surface area contributed by atoms with Gasteiger partial charge in [-0.3, -0.25) is 10.1 Å². The summed E-state index contributed by atoms with van der Waals surface area (Å²) in [6, 6.07) is 14.3. The van der Waals surface area contributed by atoms with Crippen LogP contribution in [0.25, 0.3) is 11.1 Å². The summed E-state index contributed by atoms with van der Waals surface area (Å²) in [4.78, 5) is 11.1. The summed E-state index contributed by atoms with van der Waals surface area (Å²) in [7, 11) is 0. The third-order valence-corrected chi connectivity index (χ3v) is 3.96. The Hall–Kier alpha value is -2.71. The number of carboxylic acid groups (broad SMARTS) is 1. The lowest BCUT2D eigenvalue weighted by atomic mass is 9.78. The Morgan fingerprint density at radius 3 is 2.45 bits per heavy atom. The predicted molar refractivity (Wildman–Crippen MR) is 78.5 cm³/mol. The Morgan fingerprint density at radius 2 is 1.86 bits per heavy atom. The van der Waals surface area contributed by atoms with Crippen molar-refractivity contribution in [2.45, 2.75) is 18.0 Å². The van der Waals surface area contributed by atoms with E-state index in [1.54, 1.807) is 42.5 Å². The minimum Gasteiger partial charge on any atom is -0.480 e. The van der Waals surface area contributed by atoms with Crippen LogP contribution in [0.15, 0.2) is 48.5 Å². The Morgan fingerprint density at radius 1 is 1.18 bits per heavy atom. The molecular formula is C17H13FN2O2. The van der Waals surface area contributed by atoms with Crippen LogP contribution >= 0.6 is 0 Å². The number of nitriles is 1. The molecule has 3 rings (SSSR count). The smallest absolute Gasteiger partial charge is 0.321 e. The number of benzene rings is 2. The summed E-state index contributed by atoms with van der Waals surface area (Å²) in [5, 5.41) is 20.9. The van der Waals surface area contributed by atoms with Gasteiger partial charge in [0.05, 0.1) is 6.07 Å². The zero-order chi connectivity index (χ0) is 15.7. The number of nitrogens with zero attached hydrogens (tertiary/aromatic N) is 1. The Labute approximate surface area is 126 Å². The average molecular weight is 296 g/mol. The highest BCUT2D eigenvalue weighted by molar-refractivity contribution is 5.77. The lowest BCUT2D eigenvalue weighted by molar-refractivity contribution is -0.142. The van der Waals surface area contributed by atoms with E-state index < -0.39 is 24.0 Å². The summed E-state index contributed by atoms with van der Waals surface area (Å²) in [5.41, 5.74) is 1.97. The third kappa shape index (κ3) is 2.34. The number of hydrogen-bond acceptors (Lipinski definition) is 3. The summed E-state index contributed by atoms with van der Waals surface area (Å²) >= 11 is 0. The third-order valence-electron chi connectivity index (χ3n) is 3.96. The molecule has 4 nitrogen and oxygen atoms in total. The predicted octanol–water partition coefficient (Wildman–Crippen LogP) is 2.52. The first kappa shape index (κ1) is 14.2. The van der Waals surface area contributed by atoms with E-state index in [0.29, 0.717) is 5.56 Å². The van der Waals surface area contributed by atoms with E-state index in [1.807, 2.05) is 0 Å². The van der Waals surface area contributed by atoms with Crippen LogP contribution in [0.4, 0.5) is 4.39 Å². The van der Waals surface area contributed by atoms with Crippen LogP contribution in [-0.2, 0) is 4.79 Å². The standard InChI is InChI=1S/C17H13FN2O2/c18-13-4-2-1-3-12(13)10-5-7-11(8-6-10)15-14(9-19)20-16(15)17(21)22/h1-8,14-16,20H,(H,21,22)/t14-,15-,16+/m0/s1. The van der Waals surface area contributed by atoms with E-state index in [-0.39, 0.29) is 5.82 Å². The molecule has 1 aliphatic heterocycles. The zero-order valence-corrected chi connectivity index (χ0v) is 11.5. The number of halogens is 1. The lowest BCUT2D eigenvalue weighted by Crippen LogP contribution is -2.62. The number of nitrogens with one attached hydrogen (secondary N) is 1. The molecule has 22 heavy (non-hydrogen) atoms. The molecule has 2 aromatic carbocycles. The molecule has 0 radical (unpaired) electrons. The van der Waals surface area contributed by atoms with E-state index in [0.717, 1.165) is 11.1 Å². The number of carboxylic acids is 1. The van der Waals surface area contributed by atoms with Gasteiger partial charge in [-0.2, -0.15) is 5.26 Å². The molecule has 2 aromatic rings. The molecule has 1 saturated heterocycles. The topological polar surface area (TPSA) is 73.1 Å². The molecule has 1 aliphatic rings. The minimum absolute atomic E-state index is 0.307. The highest BCUT2D eigenvalue weighted by atomic mass is 19.1. The fourth-order valence-electron chi connectivity index (χ4n) is 2.78. The highest BCUT2D eigenvalue weighted by Gasteiger charge is 2.46. The molecule has 0 saturated carbocycles. The second kappa shape index (κ2) is 5.58. The molecule has 3 atom stereocenters. The second-order valence-corrected chi connectivity index (χ2v) is 5.22. The van der Waals surface area contributed by atoms with Gasteiger partial charge in [-0.15, -0.1) is 0 Å². The van der Waals surface area contributed by atoms with Crippen molar-refractivity contribution < 1.29 is 14.3 Å². The molecule has 1 heterocycles. The van der Waals surface area contributed by atoms with Crippen molar-refractivity contribution >= 4 is 5.97 Å². The van der Waals surface area contributed by atoms with Gasteiger partial charge in [0.25, 0.3) is 0 Å². The monoisotopic (exact) mass is 296 g/mol. The molecule has 0 amide bonds. The summed E-state index contributed by atoms with van der Waals surface area (Å²) in [5.74, 6) is -1.68. The van der Waals surface area contributed by atoms with Gasteiger partial charge in [0, 0.05) is 11.5 Å². The molecule has 0 aliphatic carbocycles. The van der Waals surface area contributed by atoms with Crippen LogP contribution in [0.3, 0.4) is 0 Å². The van der Waals surface area contributed by atoms with E-state index in [4.69, 9.17) is 10.4 Å². The van der Waals surface area contributed by atoms with Crippen molar-refractivity contribution in [3.05, 3.63) is 59.9 Å². The molecule has 2 N–H and O–H groups in total. The van der Waals surface area contributed by atoms with E-state index >= 15 is 0 Å². The van der Waals surface area contributed by atoms with Crippen LogP contribution in [0.1, 0.15) is 11.5 Å². The van der Waals surface area contributed by atoms with Gasteiger partial charge >= 0.3 is 5.97 Å². The fraction of sp³-hybridized carbons (Fsp3) is 0.176. The van der Waals surface area contributed by atoms with Crippen LogP contribution in [0.2, 0.25) is 0 Å². The first-order valence-corrected chi connectivity index (χ1v) is 6.85. The van der Waals surface area contributed by atoms with E-state index in [1.165, 1.54) is 6.07 Å². The van der Waals surface area contributed by atoms with Crippen molar-refractivity contribution in [2.24, 2.45) is 0 Å². The van der Waals surface area contributed by atoms with Crippen LogP contribution < -0.4 is 5.32 Å². The van der Waals surface area contributed by atoms with Crippen molar-refractivity contribution in [1.82, 2.24) is 5.32 Å². The van der Waals surface area contributed by atoms with Gasteiger partial charge in [-0.25, -0.2) is 4.39 Å². The van der Waals surface area contributed by atoms with E-state index in [9.17, 15) is 9.18 Å². The van der Waals surface area contributed by atoms with Gasteiger partial charge in [-0.1, -0.05) is 42.5 Å². The summed E-state index contributed by atoms with van der Waals surface area (Å²) in [6.07, 6.45) is 0. The Balaban J connectivity index is 1.90. The second-order valence-electron chi connectivity index (χ2n) is 5.22. The molecule has 5 heteroatoms. The van der Waals surface area contributed by atoms with Crippen molar-refractivity contribution in [2.75, 3.05) is 0 Å². The van der Waals surface area contributed by atoms with Crippen LogP contribution in [-0.4, -0.2) is 23.2 Å². The maximum atomic E-state index is 13.8. The molecule has 0 aromatic heterocycles. The summed E-state index contributed by atoms with van der Waals surface area (Å²) < 4.78 is 13.8. The van der Waals surface area contributed by atoms with E-state index in [2.05, 4.69) is 11.4 Å². The maximum absolute atomic E-state index is 13.8. The van der Waals surface area contributed by atoms with Gasteiger partial charge in [0.2, 0.25) is 0 Å². The SMILES string of the molecule is N#C[C@@H]1N[C@@H](C(=O)O)[C@H]1c1ccc(-c2ccccc2F)cc1. The van der Waals surface area contributed by atoms with Gasteiger partial charge in [-0.05, 0) is 17.2 Å². The Kier molecular flexibility index (Phi) is 3.61. The van der Waals surface area contributed by atoms with Gasteiger partial charge in [0.1, 0.15) is 17.9 Å². The molecule has 0 unspecified atom stereocenters. The zero-order valence-electron chi connectivity index (χ0n) is 11.5. The molecular weight excluding hydrogens is 283 g/mol. The molecule has 0 spiro atoms. The first-order chi connectivity index (χ1) is 10.6. The quantitative estimate of drug-likeness (QED) is 0.913. The fourth-order valence-corrected chi connectivity index (χ4v) is 2.78. The first-order valence-electron chi connectivity index (χ1n) is 6.85. The maximum Gasteiger partial charge on any atom is 0.321 e. The number of carbonyl (C=O) groups is 1. The van der Waals surface area contributed by atoms with Gasteiger partial charge < -0.3 is 5.11 Å². The highest BCUT2D eigenvalue weighted by Crippen LogP contribution is 2.33. The van der Waals surface area contributed by atoms with Crippen molar-refractivity contribution in [1.29, 1.82) is 5.26 Å². The van der Waals surface area contributed by atoms with Crippen LogP contribution in [0.5, 0.6) is 0 Å². The van der Waals surface area contributed by atoms with Crippen molar-refractivity contribution in [3.63, 3.8) is 0 Å². The molecule has 0 bridgehead atoms. The Bertz CT molecular complexity index is 752.